The second kappa shape index (κ2) is 9.95. The van der Waals surface area contributed by atoms with E-state index in [-0.39, 0.29) is 17.3 Å². The Morgan fingerprint density at radius 2 is 2.04 bits per heavy atom. The van der Waals surface area contributed by atoms with Crippen molar-refractivity contribution < 1.29 is 4.79 Å². The zero-order chi connectivity index (χ0) is 19.1. The number of nitrogens with zero attached hydrogens (tertiary/aromatic N) is 3. The van der Waals surface area contributed by atoms with Crippen LogP contribution in [0.2, 0.25) is 0 Å². The first-order chi connectivity index (χ1) is 13.2. The molecule has 0 bridgehead atoms. The molecular weight excluding hydrogens is 374 g/mol. The van der Waals surface area contributed by atoms with E-state index in [1.807, 2.05) is 48.0 Å². The van der Waals surface area contributed by atoms with E-state index in [0.29, 0.717) is 13.0 Å². The molecule has 1 aliphatic heterocycles. The molecule has 0 aliphatic carbocycles. The highest BCUT2D eigenvalue weighted by Crippen LogP contribution is 2.33. The van der Waals surface area contributed by atoms with Crippen LogP contribution in [0.5, 0.6) is 0 Å². The molecule has 0 saturated carbocycles. The molecule has 2 heterocycles. The van der Waals surface area contributed by atoms with Crippen LogP contribution in [0.1, 0.15) is 31.4 Å². The molecule has 0 N–H and O–H groups in total. The quantitative estimate of drug-likeness (QED) is 0.615. The molecule has 2 unspecified atom stereocenters. The van der Waals surface area contributed by atoms with Crippen LogP contribution in [0.4, 0.5) is 0 Å². The van der Waals surface area contributed by atoms with E-state index in [2.05, 4.69) is 36.2 Å². The van der Waals surface area contributed by atoms with Gasteiger partial charge in [-0.1, -0.05) is 42.1 Å². The van der Waals surface area contributed by atoms with Gasteiger partial charge in [-0.25, -0.2) is 0 Å². The van der Waals surface area contributed by atoms with Gasteiger partial charge in [0.1, 0.15) is 10.4 Å². The van der Waals surface area contributed by atoms with Gasteiger partial charge in [-0.2, -0.15) is 11.8 Å². The minimum atomic E-state index is 0.0665. The van der Waals surface area contributed by atoms with E-state index in [0.717, 1.165) is 22.1 Å². The Morgan fingerprint density at radius 1 is 1.22 bits per heavy atom. The average Bonchev–Trinajstić information content (AvgIpc) is 3.09. The Morgan fingerprint density at radius 3 is 2.74 bits per heavy atom. The highest BCUT2D eigenvalue weighted by molar-refractivity contribution is 8.15. The first-order valence-corrected chi connectivity index (χ1v) is 11.3. The minimum Gasteiger partial charge on any atom is -0.328 e. The lowest BCUT2D eigenvalue weighted by Crippen LogP contribution is -2.42. The maximum Gasteiger partial charge on any atom is 0.224 e. The number of carbonyl (C=O) groups excluding carboxylic acids is 1. The molecule has 27 heavy (non-hydrogen) atoms. The van der Waals surface area contributed by atoms with Gasteiger partial charge in [0.2, 0.25) is 5.91 Å². The maximum atomic E-state index is 12.8. The third-order valence-corrected chi connectivity index (χ3v) is 6.90. The summed E-state index contributed by atoms with van der Waals surface area (Å²) in [6.45, 7) is 4.84. The van der Waals surface area contributed by atoms with Gasteiger partial charge >= 0.3 is 0 Å². The fourth-order valence-electron chi connectivity index (χ4n) is 3.01. The van der Waals surface area contributed by atoms with Gasteiger partial charge in [-0.05, 0) is 31.5 Å². The lowest BCUT2D eigenvalue weighted by Gasteiger charge is -2.29. The molecule has 1 aromatic heterocycles. The molecule has 2 atom stereocenters. The molecule has 2 aromatic rings. The lowest BCUT2D eigenvalue weighted by atomic mass is 10.2. The molecule has 4 nitrogen and oxygen atoms in total. The summed E-state index contributed by atoms with van der Waals surface area (Å²) >= 11 is 3.49. The normalized spacial score (nSPS) is 19.0. The zero-order valence-corrected chi connectivity index (χ0v) is 17.4. The molecule has 1 aliphatic rings. The van der Waals surface area contributed by atoms with Crippen molar-refractivity contribution in [2.75, 3.05) is 12.3 Å². The smallest absolute Gasteiger partial charge is 0.224 e. The largest absolute Gasteiger partial charge is 0.328 e. The molecule has 1 aromatic carbocycles. The van der Waals surface area contributed by atoms with Crippen molar-refractivity contribution in [1.29, 1.82) is 0 Å². The number of hydrogen-bond donors (Lipinski definition) is 0. The van der Waals surface area contributed by atoms with Crippen molar-refractivity contribution in [1.82, 2.24) is 9.88 Å². The van der Waals surface area contributed by atoms with Crippen LogP contribution in [0.15, 0.2) is 59.9 Å². The number of amides is 1. The first-order valence-electron chi connectivity index (χ1n) is 9.25. The monoisotopic (exact) mass is 399 g/mol. The van der Waals surface area contributed by atoms with E-state index in [9.17, 15) is 4.79 Å². The summed E-state index contributed by atoms with van der Waals surface area (Å²) in [6, 6.07) is 14.4. The zero-order valence-electron chi connectivity index (χ0n) is 15.7. The molecule has 6 heteroatoms. The summed E-state index contributed by atoms with van der Waals surface area (Å²) in [4.78, 5) is 23.7. The van der Waals surface area contributed by atoms with Crippen LogP contribution < -0.4 is 0 Å². The number of rotatable bonds is 8. The number of likely N-dealkylation sites (N-methyl/N-ethyl adjacent to an activating group) is 1. The molecule has 3 rings (SSSR count). The molecular formula is C21H25N3OS2. The van der Waals surface area contributed by atoms with Gasteiger partial charge < -0.3 is 4.90 Å². The average molecular weight is 400 g/mol. The number of carbonyl (C=O) groups is 1. The fraction of sp³-hybridized carbons (Fsp3) is 0.381. The van der Waals surface area contributed by atoms with Crippen molar-refractivity contribution in [3.63, 3.8) is 0 Å². The number of pyridine rings is 1. The number of benzene rings is 1. The van der Waals surface area contributed by atoms with Crippen LogP contribution in [0, 0.1) is 0 Å². The van der Waals surface area contributed by atoms with Crippen LogP contribution in [-0.2, 0) is 10.5 Å². The number of aromatic nitrogens is 1. The molecule has 0 saturated heterocycles. The van der Waals surface area contributed by atoms with E-state index in [4.69, 9.17) is 4.99 Å². The summed E-state index contributed by atoms with van der Waals surface area (Å²) in [5.41, 5.74) is 2.33. The summed E-state index contributed by atoms with van der Waals surface area (Å²) < 4.78 is 0. The van der Waals surface area contributed by atoms with Gasteiger partial charge in [-0.3, -0.25) is 14.8 Å². The second-order valence-corrected chi connectivity index (χ2v) is 8.60. The van der Waals surface area contributed by atoms with Crippen molar-refractivity contribution >= 4 is 34.5 Å². The summed E-state index contributed by atoms with van der Waals surface area (Å²) in [6.07, 6.45) is 4.16. The van der Waals surface area contributed by atoms with Gasteiger partial charge in [0, 0.05) is 42.4 Å². The Kier molecular flexibility index (Phi) is 7.35. The number of hydrogen-bond acceptors (Lipinski definition) is 5. The van der Waals surface area contributed by atoms with Gasteiger partial charge in [0.25, 0.3) is 0 Å². The fourth-order valence-corrected chi connectivity index (χ4v) is 5.27. The highest BCUT2D eigenvalue weighted by Gasteiger charge is 2.34. The standard InChI is InChI=1S/C21H25N3OS2/c1-3-24(19(25)11-13-26-15-17-8-5-4-6-9-17)21-16(2)23-20(27-21)18-10-7-12-22-14-18/h4-10,12,14,16,21H,3,11,13,15H2,1-2H3. The summed E-state index contributed by atoms with van der Waals surface area (Å²) in [5.74, 6) is 2.00. The molecule has 0 fully saturated rings. The molecule has 1 amide bonds. The number of aliphatic imine (C=N–C) groups is 1. The van der Waals surface area contributed by atoms with E-state index in [1.54, 1.807) is 18.0 Å². The second-order valence-electron chi connectivity index (χ2n) is 6.39. The molecule has 0 spiro atoms. The lowest BCUT2D eigenvalue weighted by molar-refractivity contribution is -0.131. The summed E-state index contributed by atoms with van der Waals surface area (Å²) in [5, 5.41) is 1.04. The molecule has 0 radical (unpaired) electrons. The van der Waals surface area contributed by atoms with Gasteiger partial charge in [0.15, 0.2) is 0 Å². The first kappa shape index (κ1) is 20.0. The van der Waals surface area contributed by atoms with Crippen LogP contribution in [0.25, 0.3) is 0 Å². The van der Waals surface area contributed by atoms with Crippen molar-refractivity contribution in [3.05, 3.63) is 66.0 Å². The van der Waals surface area contributed by atoms with Gasteiger partial charge in [0.05, 0.1) is 6.04 Å². The minimum absolute atomic E-state index is 0.0665. The maximum absolute atomic E-state index is 12.8. The third kappa shape index (κ3) is 5.36. The van der Waals surface area contributed by atoms with Crippen LogP contribution in [0.3, 0.4) is 0 Å². The van der Waals surface area contributed by atoms with Crippen LogP contribution in [-0.4, -0.2) is 44.5 Å². The Labute approximate surface area is 169 Å². The Hall–Kier alpha value is -1.79. The Bertz CT molecular complexity index is 768. The third-order valence-electron chi connectivity index (χ3n) is 4.41. The van der Waals surface area contributed by atoms with E-state index in [1.165, 1.54) is 5.56 Å². The van der Waals surface area contributed by atoms with Gasteiger partial charge in [-0.15, -0.1) is 0 Å². The molecule has 142 valence electrons. The Balaban J connectivity index is 1.51. The predicted molar refractivity (Wildman–Crippen MR) is 116 cm³/mol. The summed E-state index contributed by atoms with van der Waals surface area (Å²) in [7, 11) is 0. The van der Waals surface area contributed by atoms with Crippen molar-refractivity contribution in [2.45, 2.75) is 37.4 Å². The van der Waals surface area contributed by atoms with E-state index < -0.39 is 0 Å². The number of thioether (sulfide) groups is 2. The SMILES string of the molecule is CCN(C(=O)CCSCc1ccccc1)C1SC(c2cccnc2)=NC1C. The van der Waals surface area contributed by atoms with Crippen molar-refractivity contribution in [2.24, 2.45) is 4.99 Å². The van der Waals surface area contributed by atoms with Crippen molar-refractivity contribution in [3.8, 4) is 0 Å². The predicted octanol–water partition coefficient (Wildman–Crippen LogP) is 4.46. The highest BCUT2D eigenvalue weighted by atomic mass is 32.2. The van der Waals surface area contributed by atoms with Crippen LogP contribution >= 0.6 is 23.5 Å². The van der Waals surface area contributed by atoms with E-state index >= 15 is 0 Å². The topological polar surface area (TPSA) is 45.6 Å².